The van der Waals surface area contributed by atoms with Crippen molar-refractivity contribution in [1.82, 2.24) is 14.2 Å². The minimum absolute atomic E-state index is 0.0877. The van der Waals surface area contributed by atoms with Gasteiger partial charge in [-0.25, -0.2) is 4.98 Å². The number of nitrogens with zero attached hydrogens (tertiary/aromatic N) is 4. The summed E-state index contributed by atoms with van der Waals surface area (Å²) in [4.78, 5) is 30.5. The third kappa shape index (κ3) is 6.94. The molecule has 220 valence electrons. The number of hydrogen-bond acceptors (Lipinski definition) is 5. The third-order valence-electron chi connectivity index (χ3n) is 7.21. The Morgan fingerprint density at radius 3 is 2.49 bits per heavy atom. The van der Waals surface area contributed by atoms with E-state index in [0.717, 1.165) is 51.2 Å². The topological polar surface area (TPSA) is 90.5 Å². The van der Waals surface area contributed by atoms with Crippen molar-refractivity contribution < 1.29 is 9.53 Å². The summed E-state index contributed by atoms with van der Waals surface area (Å²) in [5.41, 5.74) is 6.19. The molecule has 3 aromatic carbocycles. The van der Waals surface area contributed by atoms with Crippen LogP contribution in [0.3, 0.4) is 0 Å². The molecule has 0 bridgehead atoms. The lowest BCUT2D eigenvalue weighted by Crippen LogP contribution is -2.22. The van der Waals surface area contributed by atoms with Gasteiger partial charge in [-0.05, 0) is 87.9 Å². The lowest BCUT2D eigenvalue weighted by Gasteiger charge is -2.12. The van der Waals surface area contributed by atoms with Crippen LogP contribution in [0.15, 0.2) is 87.2 Å². The highest BCUT2D eigenvalue weighted by atomic mass is 79.9. The number of aryl methyl sites for hydroxylation is 3. The molecule has 2 aromatic heterocycles. The second-order valence-corrected chi connectivity index (χ2v) is 11.4. The van der Waals surface area contributed by atoms with Crippen LogP contribution < -0.4 is 15.6 Å². The summed E-state index contributed by atoms with van der Waals surface area (Å²) in [5, 5.41) is 8.00. The number of fused-ring (bicyclic) bond motifs is 1. The number of rotatable bonds is 10. The Hall–Kier alpha value is -4.50. The van der Waals surface area contributed by atoms with E-state index in [4.69, 9.17) is 9.72 Å². The maximum Gasteiger partial charge on any atom is 0.282 e. The number of halogens is 1. The molecule has 0 aliphatic carbocycles. The molecule has 1 N–H and O–H groups in total. The van der Waals surface area contributed by atoms with E-state index in [1.807, 2.05) is 87.5 Å². The highest BCUT2D eigenvalue weighted by Gasteiger charge is 2.13. The molecule has 0 saturated carbocycles. The van der Waals surface area contributed by atoms with Crippen LogP contribution in [0.5, 0.6) is 5.75 Å². The molecular formula is C34H34BrN5O3. The molecule has 0 unspecified atom stereocenters. The minimum atomic E-state index is -0.222. The number of unbranched alkanes of at least 4 members (excludes halogenated alkanes) is 1. The Labute approximate surface area is 259 Å². The predicted octanol–water partition coefficient (Wildman–Crippen LogP) is 7.12. The molecule has 0 spiro atoms. The molecule has 5 aromatic rings. The lowest BCUT2D eigenvalue weighted by atomic mass is 10.2. The average molecular weight is 641 g/mol. The fourth-order valence-corrected chi connectivity index (χ4v) is 5.28. The van der Waals surface area contributed by atoms with Crippen molar-refractivity contribution in [2.24, 2.45) is 5.10 Å². The van der Waals surface area contributed by atoms with Crippen molar-refractivity contribution in [3.05, 3.63) is 116 Å². The van der Waals surface area contributed by atoms with Crippen LogP contribution in [0.1, 0.15) is 48.1 Å². The van der Waals surface area contributed by atoms with Crippen molar-refractivity contribution >= 4 is 44.6 Å². The normalized spacial score (nSPS) is 11.4. The largest absolute Gasteiger partial charge is 0.484 e. The molecule has 0 fully saturated rings. The van der Waals surface area contributed by atoms with Gasteiger partial charge >= 0.3 is 0 Å². The number of anilines is 1. The number of carbonyl (C=O) groups is 1. The zero-order valence-corrected chi connectivity index (χ0v) is 26.3. The predicted molar refractivity (Wildman–Crippen MR) is 176 cm³/mol. The van der Waals surface area contributed by atoms with Crippen LogP contribution >= 0.6 is 15.9 Å². The van der Waals surface area contributed by atoms with Gasteiger partial charge in [-0.2, -0.15) is 9.78 Å². The summed E-state index contributed by atoms with van der Waals surface area (Å²) in [7, 11) is 0. The standard InChI is InChI=1S/C34H34BrN5O3/c1-5-6-7-32-38-31-17-10-26(35)19-30(31)34(42)40(32)36-20-25-18-23(3)39(24(25)4)28-13-15-29(16-14-28)43-21-33(41)37-27-11-8-22(2)9-12-27/h8-20H,5-7,21H2,1-4H3,(H,37,41). The first kappa shape index (κ1) is 30.0. The van der Waals surface area contributed by atoms with E-state index in [1.165, 1.54) is 4.68 Å². The molecule has 1 amide bonds. The van der Waals surface area contributed by atoms with Crippen LogP contribution in [0, 0.1) is 20.8 Å². The van der Waals surface area contributed by atoms with E-state index < -0.39 is 0 Å². The van der Waals surface area contributed by atoms with Gasteiger partial charge in [-0.3, -0.25) is 9.59 Å². The van der Waals surface area contributed by atoms with Crippen LogP contribution in [-0.2, 0) is 11.2 Å². The molecule has 0 atom stereocenters. The van der Waals surface area contributed by atoms with Crippen LogP contribution in [0.25, 0.3) is 16.6 Å². The highest BCUT2D eigenvalue weighted by Crippen LogP contribution is 2.23. The molecule has 0 aliphatic heterocycles. The molecule has 43 heavy (non-hydrogen) atoms. The van der Waals surface area contributed by atoms with E-state index in [0.29, 0.717) is 28.9 Å². The summed E-state index contributed by atoms with van der Waals surface area (Å²) in [6, 6.07) is 22.8. The third-order valence-corrected chi connectivity index (χ3v) is 7.71. The van der Waals surface area contributed by atoms with Gasteiger partial charge in [0.15, 0.2) is 6.61 Å². The summed E-state index contributed by atoms with van der Waals surface area (Å²) < 4.78 is 10.1. The van der Waals surface area contributed by atoms with E-state index in [-0.39, 0.29) is 18.1 Å². The van der Waals surface area contributed by atoms with Crippen LogP contribution in [0.4, 0.5) is 5.69 Å². The fraction of sp³-hybridized carbons (Fsp3) is 0.235. The average Bonchev–Trinajstić information content (AvgIpc) is 3.28. The maximum atomic E-state index is 13.4. The first-order valence-corrected chi connectivity index (χ1v) is 15.1. The molecule has 2 heterocycles. The lowest BCUT2D eigenvalue weighted by molar-refractivity contribution is -0.118. The SMILES string of the molecule is CCCCc1nc2ccc(Br)cc2c(=O)n1N=Cc1cc(C)n(-c2ccc(OCC(=O)Nc3ccc(C)cc3)cc2)c1C. The fourth-order valence-electron chi connectivity index (χ4n) is 4.92. The zero-order chi connectivity index (χ0) is 30.5. The summed E-state index contributed by atoms with van der Waals surface area (Å²) >= 11 is 3.46. The Kier molecular flexibility index (Phi) is 9.21. The molecular weight excluding hydrogens is 606 g/mol. The number of nitrogens with one attached hydrogen (secondary N) is 1. The maximum absolute atomic E-state index is 13.4. The zero-order valence-electron chi connectivity index (χ0n) is 24.7. The molecule has 0 aliphatic rings. The summed E-state index contributed by atoms with van der Waals surface area (Å²) in [5.74, 6) is 1.02. The monoisotopic (exact) mass is 639 g/mol. The van der Waals surface area contributed by atoms with E-state index in [9.17, 15) is 9.59 Å². The number of carbonyl (C=O) groups excluding carboxylic acids is 1. The van der Waals surface area contributed by atoms with E-state index in [1.54, 1.807) is 12.3 Å². The van der Waals surface area contributed by atoms with Crippen molar-refractivity contribution in [1.29, 1.82) is 0 Å². The first-order valence-electron chi connectivity index (χ1n) is 14.3. The van der Waals surface area contributed by atoms with Gasteiger partial charge in [0.1, 0.15) is 11.6 Å². The Morgan fingerprint density at radius 1 is 1.02 bits per heavy atom. The number of ether oxygens (including phenoxy) is 1. The Morgan fingerprint density at radius 2 is 1.77 bits per heavy atom. The van der Waals surface area contributed by atoms with E-state index >= 15 is 0 Å². The van der Waals surface area contributed by atoms with Gasteiger partial charge < -0.3 is 14.6 Å². The van der Waals surface area contributed by atoms with Gasteiger partial charge in [0, 0.05) is 39.2 Å². The van der Waals surface area contributed by atoms with Gasteiger partial charge in [0.2, 0.25) is 0 Å². The number of hydrogen-bond donors (Lipinski definition) is 1. The van der Waals surface area contributed by atoms with Crippen molar-refractivity contribution in [3.8, 4) is 11.4 Å². The Bertz CT molecular complexity index is 1860. The Balaban J connectivity index is 1.34. The number of amides is 1. The molecule has 9 heteroatoms. The molecule has 5 rings (SSSR count). The second-order valence-electron chi connectivity index (χ2n) is 10.5. The smallest absolute Gasteiger partial charge is 0.282 e. The molecule has 8 nitrogen and oxygen atoms in total. The summed E-state index contributed by atoms with van der Waals surface area (Å²) in [6.45, 7) is 8.07. The molecule has 0 saturated heterocycles. The number of benzene rings is 3. The van der Waals surface area contributed by atoms with Gasteiger partial charge in [-0.15, -0.1) is 0 Å². The molecule has 0 radical (unpaired) electrons. The first-order chi connectivity index (χ1) is 20.7. The van der Waals surface area contributed by atoms with Crippen molar-refractivity contribution in [3.63, 3.8) is 0 Å². The van der Waals surface area contributed by atoms with Gasteiger partial charge in [0.25, 0.3) is 11.5 Å². The van der Waals surface area contributed by atoms with Crippen molar-refractivity contribution in [2.75, 3.05) is 11.9 Å². The minimum Gasteiger partial charge on any atom is -0.484 e. The van der Waals surface area contributed by atoms with Crippen molar-refractivity contribution in [2.45, 2.75) is 47.0 Å². The quantitative estimate of drug-likeness (QED) is 0.165. The van der Waals surface area contributed by atoms with Crippen LogP contribution in [0.2, 0.25) is 0 Å². The van der Waals surface area contributed by atoms with Gasteiger partial charge in [0.05, 0.1) is 17.1 Å². The van der Waals surface area contributed by atoms with E-state index in [2.05, 4.69) is 37.8 Å². The van der Waals surface area contributed by atoms with Crippen LogP contribution in [-0.4, -0.2) is 33.0 Å². The second kappa shape index (κ2) is 13.2. The number of aromatic nitrogens is 3. The van der Waals surface area contributed by atoms with Gasteiger partial charge in [-0.1, -0.05) is 47.0 Å². The summed E-state index contributed by atoms with van der Waals surface area (Å²) in [6.07, 6.45) is 4.29. The highest BCUT2D eigenvalue weighted by molar-refractivity contribution is 9.10.